The van der Waals surface area contributed by atoms with E-state index in [0.29, 0.717) is 25.9 Å². The Morgan fingerprint density at radius 1 is 0.346 bits per heavy atom. The second kappa shape index (κ2) is 67.8. The SMILES string of the molecule is CCCCCCCC/C=C\CCCCCCCC(=O)OCCCCCCCCCCCC/C=C\CCCCCCCCCC(=O)NC(CO)C(O)CCCCCCCCCCCCCCCCCCCCCCCCCCC. The van der Waals surface area contributed by atoms with Gasteiger partial charge in [0.15, 0.2) is 0 Å². The van der Waals surface area contributed by atoms with Gasteiger partial charge in [-0.05, 0) is 77.0 Å². The van der Waals surface area contributed by atoms with Gasteiger partial charge in [-0.3, -0.25) is 9.59 Å². The Morgan fingerprint density at radius 3 is 0.910 bits per heavy atom. The zero-order chi connectivity index (χ0) is 56.4. The van der Waals surface area contributed by atoms with Gasteiger partial charge in [-0.2, -0.15) is 0 Å². The molecule has 0 saturated carbocycles. The van der Waals surface area contributed by atoms with Crippen molar-refractivity contribution < 1.29 is 24.5 Å². The lowest BCUT2D eigenvalue weighted by molar-refractivity contribution is -0.143. The Balaban J connectivity index is 3.42. The van der Waals surface area contributed by atoms with E-state index in [2.05, 4.69) is 43.5 Å². The molecule has 0 aliphatic heterocycles. The van der Waals surface area contributed by atoms with Crippen molar-refractivity contribution in [2.45, 2.75) is 411 Å². The maximum atomic E-state index is 12.6. The molecule has 78 heavy (non-hydrogen) atoms. The Kier molecular flexibility index (Phi) is 66.4. The fourth-order valence-electron chi connectivity index (χ4n) is 11.3. The van der Waals surface area contributed by atoms with Crippen LogP contribution in [-0.2, 0) is 14.3 Å². The Hall–Kier alpha value is -1.66. The van der Waals surface area contributed by atoms with Crippen molar-refractivity contribution in [3.63, 3.8) is 0 Å². The summed E-state index contributed by atoms with van der Waals surface area (Å²) in [7, 11) is 0. The molecule has 0 aromatic heterocycles. The lowest BCUT2D eigenvalue weighted by Crippen LogP contribution is -2.45. The number of hydrogen-bond acceptors (Lipinski definition) is 5. The molecule has 6 heteroatoms. The largest absolute Gasteiger partial charge is 0.466 e. The van der Waals surface area contributed by atoms with Crippen molar-refractivity contribution in [1.82, 2.24) is 5.32 Å². The van der Waals surface area contributed by atoms with Gasteiger partial charge < -0.3 is 20.3 Å². The second-order valence-electron chi connectivity index (χ2n) is 24.6. The Bertz CT molecular complexity index is 1220. The van der Waals surface area contributed by atoms with Crippen LogP contribution < -0.4 is 5.32 Å². The Morgan fingerprint density at radius 2 is 0.603 bits per heavy atom. The summed E-state index contributed by atoms with van der Waals surface area (Å²) in [6.07, 6.45) is 85.1. The molecule has 0 aliphatic rings. The van der Waals surface area contributed by atoms with E-state index in [0.717, 1.165) is 44.9 Å². The van der Waals surface area contributed by atoms with Crippen LogP contribution in [0.25, 0.3) is 0 Å². The smallest absolute Gasteiger partial charge is 0.305 e. The van der Waals surface area contributed by atoms with Gasteiger partial charge in [-0.15, -0.1) is 0 Å². The molecule has 2 atom stereocenters. The quantitative estimate of drug-likeness (QED) is 0.0320. The maximum absolute atomic E-state index is 12.6. The number of nitrogens with one attached hydrogen (secondary N) is 1. The fourth-order valence-corrected chi connectivity index (χ4v) is 11.3. The first-order valence-corrected chi connectivity index (χ1v) is 35.6. The van der Waals surface area contributed by atoms with Crippen molar-refractivity contribution in [2.75, 3.05) is 13.2 Å². The predicted molar refractivity (Wildman–Crippen MR) is 343 cm³/mol. The molecule has 6 nitrogen and oxygen atoms in total. The highest BCUT2D eigenvalue weighted by Crippen LogP contribution is 2.19. The summed E-state index contributed by atoms with van der Waals surface area (Å²) in [6, 6.07) is -0.549. The van der Waals surface area contributed by atoms with Gasteiger partial charge >= 0.3 is 5.97 Å². The Labute approximate surface area is 488 Å². The van der Waals surface area contributed by atoms with Crippen molar-refractivity contribution in [2.24, 2.45) is 0 Å². The van der Waals surface area contributed by atoms with Crippen LogP contribution >= 0.6 is 0 Å². The van der Waals surface area contributed by atoms with E-state index in [1.54, 1.807) is 0 Å². The number of allylic oxidation sites excluding steroid dienone is 4. The predicted octanol–water partition coefficient (Wildman–Crippen LogP) is 22.9. The topological polar surface area (TPSA) is 95.9 Å². The highest BCUT2D eigenvalue weighted by atomic mass is 16.5. The number of unbranched alkanes of at least 4 members (excludes halogenated alkanes) is 52. The third-order valence-corrected chi connectivity index (χ3v) is 16.7. The van der Waals surface area contributed by atoms with E-state index in [9.17, 15) is 19.8 Å². The average Bonchev–Trinajstić information content (AvgIpc) is 3.44. The first kappa shape index (κ1) is 76.3. The van der Waals surface area contributed by atoms with Gasteiger partial charge in [0.2, 0.25) is 5.91 Å². The number of carbonyl (C=O) groups is 2. The minimum absolute atomic E-state index is 0.00135. The molecule has 0 aromatic carbocycles. The standard InChI is InChI=1S/C72H139NO5/c1-3-5-7-9-11-13-15-17-19-20-21-22-23-24-25-27-30-33-37-40-44-48-52-56-60-64-70(75)69(68-74)73-71(76)65-61-57-53-49-45-41-38-34-31-28-26-29-32-35-39-43-47-51-55-59-63-67-78-72(77)66-62-58-54-50-46-42-36-18-16-14-12-10-8-6-4-2/h18,28,31,36,69-70,74-75H,3-17,19-27,29-30,32-35,37-68H2,1-2H3,(H,73,76)/b31-28-,36-18-. The normalized spacial score (nSPS) is 12.6. The van der Waals surface area contributed by atoms with Crippen LogP contribution in [0, 0.1) is 0 Å². The fraction of sp³-hybridized carbons (Fsp3) is 0.917. The molecule has 0 aromatic rings. The van der Waals surface area contributed by atoms with Crippen LogP contribution in [0.15, 0.2) is 24.3 Å². The van der Waals surface area contributed by atoms with Gasteiger partial charge in [0.25, 0.3) is 0 Å². The molecule has 0 spiro atoms. The summed E-state index contributed by atoms with van der Waals surface area (Å²) < 4.78 is 5.49. The summed E-state index contributed by atoms with van der Waals surface area (Å²) in [6.45, 7) is 4.97. The van der Waals surface area contributed by atoms with Gasteiger partial charge in [0.05, 0.1) is 25.4 Å². The van der Waals surface area contributed by atoms with Crippen molar-refractivity contribution in [3.05, 3.63) is 24.3 Å². The summed E-state index contributed by atoms with van der Waals surface area (Å²) >= 11 is 0. The van der Waals surface area contributed by atoms with Gasteiger partial charge in [0.1, 0.15) is 0 Å². The molecule has 1 amide bonds. The van der Waals surface area contributed by atoms with Gasteiger partial charge in [-0.1, -0.05) is 334 Å². The molecule has 0 heterocycles. The molecule has 0 saturated heterocycles. The van der Waals surface area contributed by atoms with Crippen LogP contribution in [0.2, 0.25) is 0 Å². The van der Waals surface area contributed by atoms with Crippen LogP contribution in [0.1, 0.15) is 399 Å². The van der Waals surface area contributed by atoms with Crippen LogP contribution in [0.4, 0.5) is 0 Å². The van der Waals surface area contributed by atoms with Crippen molar-refractivity contribution >= 4 is 11.9 Å². The van der Waals surface area contributed by atoms with Gasteiger partial charge in [0, 0.05) is 12.8 Å². The summed E-state index contributed by atoms with van der Waals surface area (Å²) in [5.74, 6) is -0.0368. The summed E-state index contributed by atoms with van der Waals surface area (Å²) in [5, 5.41) is 23.4. The number of hydrogen-bond donors (Lipinski definition) is 3. The van der Waals surface area contributed by atoms with E-state index in [1.807, 2.05) is 0 Å². The van der Waals surface area contributed by atoms with Crippen molar-refractivity contribution in [3.8, 4) is 0 Å². The zero-order valence-corrected chi connectivity index (χ0v) is 52.9. The highest BCUT2D eigenvalue weighted by Gasteiger charge is 2.20. The molecule has 3 N–H and O–H groups in total. The number of aliphatic hydroxyl groups excluding tert-OH is 2. The molecule has 462 valence electrons. The van der Waals surface area contributed by atoms with Crippen LogP contribution in [0.3, 0.4) is 0 Å². The van der Waals surface area contributed by atoms with E-state index in [1.165, 1.54) is 321 Å². The minimum Gasteiger partial charge on any atom is -0.466 e. The van der Waals surface area contributed by atoms with E-state index in [-0.39, 0.29) is 18.5 Å². The number of ether oxygens (including phenoxy) is 1. The minimum atomic E-state index is -0.671. The molecular formula is C72H139NO5. The average molecular weight is 1100 g/mol. The molecule has 0 radical (unpaired) electrons. The number of aliphatic hydroxyl groups is 2. The van der Waals surface area contributed by atoms with Crippen LogP contribution in [-0.4, -0.2) is 47.4 Å². The number of amides is 1. The third kappa shape index (κ3) is 63.5. The van der Waals surface area contributed by atoms with E-state index in [4.69, 9.17) is 4.74 Å². The number of carbonyl (C=O) groups excluding carboxylic acids is 2. The van der Waals surface area contributed by atoms with Crippen molar-refractivity contribution in [1.29, 1.82) is 0 Å². The lowest BCUT2D eigenvalue weighted by Gasteiger charge is -2.22. The van der Waals surface area contributed by atoms with Gasteiger partial charge in [-0.25, -0.2) is 0 Å². The first-order chi connectivity index (χ1) is 38.5. The lowest BCUT2D eigenvalue weighted by atomic mass is 10.0. The first-order valence-electron chi connectivity index (χ1n) is 35.6. The summed E-state index contributed by atoms with van der Waals surface area (Å²) in [4.78, 5) is 24.6. The second-order valence-corrected chi connectivity index (χ2v) is 24.6. The number of esters is 1. The maximum Gasteiger partial charge on any atom is 0.305 e. The molecule has 0 fully saturated rings. The zero-order valence-electron chi connectivity index (χ0n) is 52.9. The molecule has 0 rings (SSSR count). The molecule has 0 bridgehead atoms. The molecule has 0 aliphatic carbocycles. The highest BCUT2D eigenvalue weighted by molar-refractivity contribution is 5.76. The molecular weight excluding hydrogens is 959 g/mol. The third-order valence-electron chi connectivity index (χ3n) is 16.7. The monoisotopic (exact) mass is 1100 g/mol. The summed E-state index contributed by atoms with van der Waals surface area (Å²) in [5.41, 5.74) is 0. The molecule has 2 unspecified atom stereocenters. The number of rotatable bonds is 67. The van der Waals surface area contributed by atoms with E-state index < -0.39 is 12.1 Å². The van der Waals surface area contributed by atoms with Crippen LogP contribution in [0.5, 0.6) is 0 Å². The van der Waals surface area contributed by atoms with E-state index >= 15 is 0 Å².